The standard InChI is InChI=1S/C21H24N4O2S/c1-4-25-20(27)17-7-5-6-8-18(17)23-21(25)28-14-19(26)22-13-15-9-11-16(12-10-15)24(2)3/h5-12H,4,13-14H2,1-3H3,(H,22,26). The summed E-state index contributed by atoms with van der Waals surface area (Å²) in [5, 5.41) is 4.08. The second kappa shape index (κ2) is 8.93. The highest BCUT2D eigenvalue weighted by Crippen LogP contribution is 2.18. The number of thioether (sulfide) groups is 1. The van der Waals surface area contributed by atoms with E-state index in [1.54, 1.807) is 10.6 Å². The van der Waals surface area contributed by atoms with Crippen LogP contribution < -0.4 is 15.8 Å². The van der Waals surface area contributed by atoms with E-state index in [2.05, 4.69) is 10.3 Å². The fourth-order valence-corrected chi connectivity index (χ4v) is 3.72. The molecule has 0 bridgehead atoms. The molecule has 0 saturated heterocycles. The molecule has 28 heavy (non-hydrogen) atoms. The first-order chi connectivity index (χ1) is 13.5. The number of nitrogens with one attached hydrogen (secondary N) is 1. The molecule has 7 heteroatoms. The van der Waals surface area contributed by atoms with Crippen molar-refractivity contribution in [3.05, 3.63) is 64.4 Å². The lowest BCUT2D eigenvalue weighted by molar-refractivity contribution is -0.118. The summed E-state index contributed by atoms with van der Waals surface area (Å²) < 4.78 is 1.61. The van der Waals surface area contributed by atoms with E-state index in [1.165, 1.54) is 11.8 Å². The Balaban J connectivity index is 1.63. The third-order valence-electron chi connectivity index (χ3n) is 4.42. The zero-order valence-electron chi connectivity index (χ0n) is 16.3. The van der Waals surface area contributed by atoms with Gasteiger partial charge in [0.15, 0.2) is 5.16 Å². The molecule has 1 amide bonds. The molecule has 2 aromatic carbocycles. The van der Waals surface area contributed by atoms with Gasteiger partial charge in [-0.3, -0.25) is 14.2 Å². The maximum atomic E-state index is 12.6. The zero-order chi connectivity index (χ0) is 20.1. The molecule has 0 aliphatic heterocycles. The number of hydrogen-bond donors (Lipinski definition) is 1. The molecule has 0 radical (unpaired) electrons. The number of carbonyl (C=O) groups excluding carboxylic acids is 1. The van der Waals surface area contributed by atoms with Crippen LogP contribution in [0.3, 0.4) is 0 Å². The molecule has 0 fully saturated rings. The van der Waals surface area contributed by atoms with Crippen molar-refractivity contribution in [1.29, 1.82) is 0 Å². The molecule has 1 N–H and O–H groups in total. The van der Waals surface area contributed by atoms with Crippen LogP contribution in [0.5, 0.6) is 0 Å². The van der Waals surface area contributed by atoms with E-state index in [0.29, 0.717) is 29.1 Å². The van der Waals surface area contributed by atoms with Crippen molar-refractivity contribution in [1.82, 2.24) is 14.9 Å². The zero-order valence-corrected chi connectivity index (χ0v) is 17.1. The lowest BCUT2D eigenvalue weighted by Gasteiger charge is -2.13. The number of carbonyl (C=O) groups is 1. The van der Waals surface area contributed by atoms with Gasteiger partial charge in [-0.15, -0.1) is 0 Å². The summed E-state index contributed by atoms with van der Waals surface area (Å²) in [5.74, 6) is 0.118. The van der Waals surface area contributed by atoms with Gasteiger partial charge in [0.05, 0.1) is 16.7 Å². The minimum atomic E-state index is -0.0910. The smallest absolute Gasteiger partial charge is 0.262 e. The van der Waals surface area contributed by atoms with Crippen LogP contribution in [-0.4, -0.2) is 35.3 Å². The van der Waals surface area contributed by atoms with Gasteiger partial charge in [-0.25, -0.2) is 4.98 Å². The first kappa shape index (κ1) is 19.9. The van der Waals surface area contributed by atoms with Crippen molar-refractivity contribution < 1.29 is 4.79 Å². The van der Waals surface area contributed by atoms with Gasteiger partial charge in [-0.2, -0.15) is 0 Å². The molecule has 0 unspecified atom stereocenters. The molecule has 0 aliphatic rings. The number of hydrogen-bond acceptors (Lipinski definition) is 5. The summed E-state index contributed by atoms with van der Waals surface area (Å²) in [6, 6.07) is 15.3. The molecule has 146 valence electrons. The van der Waals surface area contributed by atoms with Gasteiger partial charge in [0.25, 0.3) is 5.56 Å². The van der Waals surface area contributed by atoms with E-state index in [9.17, 15) is 9.59 Å². The van der Waals surface area contributed by atoms with Crippen LogP contribution in [0.25, 0.3) is 10.9 Å². The molecular formula is C21H24N4O2S. The monoisotopic (exact) mass is 396 g/mol. The third-order valence-corrected chi connectivity index (χ3v) is 5.39. The molecule has 0 spiro atoms. The van der Waals surface area contributed by atoms with Gasteiger partial charge in [-0.1, -0.05) is 36.0 Å². The van der Waals surface area contributed by atoms with Crippen molar-refractivity contribution in [2.75, 3.05) is 24.7 Å². The highest BCUT2D eigenvalue weighted by molar-refractivity contribution is 7.99. The molecule has 0 saturated carbocycles. The van der Waals surface area contributed by atoms with E-state index in [1.807, 2.05) is 68.4 Å². The number of nitrogens with zero attached hydrogens (tertiary/aromatic N) is 3. The van der Waals surface area contributed by atoms with Crippen molar-refractivity contribution in [3.8, 4) is 0 Å². The molecule has 0 aliphatic carbocycles. The summed E-state index contributed by atoms with van der Waals surface area (Å²) in [4.78, 5) is 31.5. The average Bonchev–Trinajstić information content (AvgIpc) is 2.71. The maximum Gasteiger partial charge on any atom is 0.262 e. The quantitative estimate of drug-likeness (QED) is 0.491. The lowest BCUT2D eigenvalue weighted by Crippen LogP contribution is -2.26. The molecule has 3 aromatic rings. The van der Waals surface area contributed by atoms with Crippen LogP contribution in [-0.2, 0) is 17.9 Å². The molecule has 1 aromatic heterocycles. The molecule has 6 nitrogen and oxygen atoms in total. The third kappa shape index (κ3) is 4.54. The predicted octanol–water partition coefficient (Wildman–Crippen LogP) is 2.89. The number of rotatable bonds is 7. The maximum absolute atomic E-state index is 12.6. The predicted molar refractivity (Wildman–Crippen MR) is 115 cm³/mol. The van der Waals surface area contributed by atoms with Gasteiger partial charge in [-0.05, 0) is 36.8 Å². The van der Waals surface area contributed by atoms with E-state index in [0.717, 1.165) is 11.3 Å². The van der Waals surface area contributed by atoms with Crippen LogP contribution in [0, 0.1) is 0 Å². The van der Waals surface area contributed by atoms with Crippen molar-refractivity contribution in [2.45, 2.75) is 25.2 Å². The Morgan fingerprint density at radius 1 is 1.14 bits per heavy atom. The Bertz CT molecular complexity index is 1030. The summed E-state index contributed by atoms with van der Waals surface area (Å²) in [7, 11) is 3.98. The molecule has 3 rings (SSSR count). The number of benzene rings is 2. The van der Waals surface area contributed by atoms with Crippen LogP contribution in [0.4, 0.5) is 5.69 Å². The Labute approximate surface area is 168 Å². The van der Waals surface area contributed by atoms with Gasteiger partial charge >= 0.3 is 0 Å². The van der Waals surface area contributed by atoms with Crippen molar-refractivity contribution >= 4 is 34.3 Å². The van der Waals surface area contributed by atoms with Crippen LogP contribution in [0.2, 0.25) is 0 Å². The highest BCUT2D eigenvalue weighted by Gasteiger charge is 2.12. The van der Waals surface area contributed by atoms with Crippen LogP contribution in [0.1, 0.15) is 12.5 Å². The minimum Gasteiger partial charge on any atom is -0.378 e. The van der Waals surface area contributed by atoms with Crippen LogP contribution >= 0.6 is 11.8 Å². The number of para-hydroxylation sites is 1. The second-order valence-electron chi connectivity index (χ2n) is 6.59. The number of amides is 1. The number of fused-ring (bicyclic) bond motifs is 1. The summed E-state index contributed by atoms with van der Waals surface area (Å²) >= 11 is 1.28. The Kier molecular flexibility index (Phi) is 6.36. The first-order valence-corrected chi connectivity index (χ1v) is 10.1. The average molecular weight is 397 g/mol. The summed E-state index contributed by atoms with van der Waals surface area (Å²) in [6.45, 7) is 2.89. The largest absolute Gasteiger partial charge is 0.378 e. The van der Waals surface area contributed by atoms with Gasteiger partial charge < -0.3 is 10.2 Å². The van der Waals surface area contributed by atoms with E-state index >= 15 is 0 Å². The van der Waals surface area contributed by atoms with Crippen molar-refractivity contribution in [3.63, 3.8) is 0 Å². The summed E-state index contributed by atoms with van der Waals surface area (Å²) in [6.07, 6.45) is 0. The Morgan fingerprint density at radius 2 is 1.86 bits per heavy atom. The fraction of sp³-hybridized carbons (Fsp3) is 0.286. The topological polar surface area (TPSA) is 67.2 Å². The lowest BCUT2D eigenvalue weighted by atomic mass is 10.2. The second-order valence-corrected chi connectivity index (χ2v) is 7.53. The fourth-order valence-electron chi connectivity index (χ4n) is 2.83. The normalized spacial score (nSPS) is 10.8. The first-order valence-electron chi connectivity index (χ1n) is 9.15. The van der Waals surface area contributed by atoms with E-state index < -0.39 is 0 Å². The van der Waals surface area contributed by atoms with Crippen molar-refractivity contribution in [2.24, 2.45) is 0 Å². The van der Waals surface area contributed by atoms with E-state index in [-0.39, 0.29) is 17.2 Å². The molecule has 1 heterocycles. The van der Waals surface area contributed by atoms with Crippen LogP contribution in [0.15, 0.2) is 58.5 Å². The Morgan fingerprint density at radius 3 is 2.54 bits per heavy atom. The molecule has 0 atom stereocenters. The number of aromatic nitrogens is 2. The summed E-state index contributed by atoms with van der Waals surface area (Å²) in [5.41, 5.74) is 2.74. The SMILES string of the molecule is CCn1c(SCC(=O)NCc2ccc(N(C)C)cc2)nc2ccccc2c1=O. The Hall–Kier alpha value is -2.80. The number of anilines is 1. The molecular weight excluding hydrogens is 372 g/mol. The van der Waals surface area contributed by atoms with Gasteiger partial charge in [0, 0.05) is 32.9 Å². The van der Waals surface area contributed by atoms with Gasteiger partial charge in [0.1, 0.15) is 0 Å². The highest BCUT2D eigenvalue weighted by atomic mass is 32.2. The minimum absolute atomic E-state index is 0.0722. The van der Waals surface area contributed by atoms with Gasteiger partial charge in [0.2, 0.25) is 5.91 Å². The van der Waals surface area contributed by atoms with E-state index in [4.69, 9.17) is 0 Å².